The fourth-order valence-corrected chi connectivity index (χ4v) is 1.68. The summed E-state index contributed by atoms with van der Waals surface area (Å²) in [6, 6.07) is 9.13. The van der Waals surface area contributed by atoms with Gasteiger partial charge in [0, 0.05) is 5.56 Å². The van der Waals surface area contributed by atoms with E-state index < -0.39 is 5.91 Å². The summed E-state index contributed by atoms with van der Waals surface area (Å²) in [5.41, 5.74) is 12.3. The van der Waals surface area contributed by atoms with Crippen LogP contribution in [0.4, 0.5) is 5.82 Å². The van der Waals surface area contributed by atoms with Gasteiger partial charge in [-0.1, -0.05) is 30.3 Å². The van der Waals surface area contributed by atoms with Gasteiger partial charge in [0.25, 0.3) is 0 Å². The average molecular weight is 244 g/mol. The van der Waals surface area contributed by atoms with Gasteiger partial charge >= 0.3 is 0 Å². The molecule has 1 aromatic heterocycles. The van der Waals surface area contributed by atoms with Crippen molar-refractivity contribution in [3.05, 3.63) is 35.9 Å². The summed E-state index contributed by atoms with van der Waals surface area (Å²) in [4.78, 5) is 22.0. The smallest absolute Gasteiger partial charge is 0.239 e. The van der Waals surface area contributed by atoms with E-state index in [2.05, 4.69) is 5.10 Å². The Morgan fingerprint density at radius 1 is 1.33 bits per heavy atom. The van der Waals surface area contributed by atoms with E-state index in [0.29, 0.717) is 12.0 Å². The summed E-state index contributed by atoms with van der Waals surface area (Å²) in [6.45, 7) is -0.153. The normalized spacial score (nSPS) is 10.2. The van der Waals surface area contributed by atoms with Crippen LogP contribution in [0.2, 0.25) is 0 Å². The van der Waals surface area contributed by atoms with Gasteiger partial charge in [-0.2, -0.15) is 5.10 Å². The molecule has 0 radical (unpaired) electrons. The lowest BCUT2D eigenvalue weighted by Gasteiger charge is -1.98. The van der Waals surface area contributed by atoms with Crippen molar-refractivity contribution in [1.82, 2.24) is 9.78 Å². The summed E-state index contributed by atoms with van der Waals surface area (Å²) < 4.78 is 1.23. The fraction of sp³-hybridized carbons (Fsp3) is 0.0833. The van der Waals surface area contributed by atoms with Gasteiger partial charge in [-0.15, -0.1) is 0 Å². The first-order valence-corrected chi connectivity index (χ1v) is 5.28. The Balaban J connectivity index is 2.54. The van der Waals surface area contributed by atoms with Crippen LogP contribution in [0.15, 0.2) is 30.3 Å². The second-order valence-electron chi connectivity index (χ2n) is 3.76. The lowest BCUT2D eigenvalue weighted by atomic mass is 10.1. The van der Waals surface area contributed by atoms with Crippen molar-refractivity contribution in [2.24, 2.45) is 5.73 Å². The molecule has 2 aromatic rings. The van der Waals surface area contributed by atoms with Crippen LogP contribution in [-0.2, 0) is 11.3 Å². The van der Waals surface area contributed by atoms with Crippen molar-refractivity contribution in [3.8, 4) is 11.3 Å². The maximum Gasteiger partial charge on any atom is 0.239 e. The van der Waals surface area contributed by atoms with Gasteiger partial charge in [0.1, 0.15) is 18.1 Å². The molecule has 6 heteroatoms. The molecule has 0 bridgehead atoms. The molecule has 2 rings (SSSR count). The van der Waals surface area contributed by atoms with Crippen LogP contribution in [0.1, 0.15) is 10.4 Å². The summed E-state index contributed by atoms with van der Waals surface area (Å²) in [6.07, 6.45) is 0.627. The third-order valence-corrected chi connectivity index (χ3v) is 2.50. The van der Waals surface area contributed by atoms with Crippen LogP contribution in [0, 0.1) is 0 Å². The Hall–Kier alpha value is -2.63. The second-order valence-corrected chi connectivity index (χ2v) is 3.76. The van der Waals surface area contributed by atoms with E-state index in [1.165, 1.54) is 4.68 Å². The van der Waals surface area contributed by atoms with Gasteiger partial charge in [-0.25, -0.2) is 4.68 Å². The topological polar surface area (TPSA) is 104 Å². The van der Waals surface area contributed by atoms with Crippen molar-refractivity contribution in [2.75, 3.05) is 5.73 Å². The molecule has 0 saturated heterocycles. The summed E-state index contributed by atoms with van der Waals surface area (Å²) in [7, 11) is 0. The highest BCUT2D eigenvalue weighted by atomic mass is 16.1. The van der Waals surface area contributed by atoms with Crippen LogP contribution < -0.4 is 11.5 Å². The molecule has 0 atom stereocenters. The minimum atomic E-state index is -0.568. The van der Waals surface area contributed by atoms with E-state index in [4.69, 9.17) is 11.5 Å². The molecule has 0 saturated carbocycles. The number of benzene rings is 1. The van der Waals surface area contributed by atoms with Gasteiger partial charge in [0.05, 0.1) is 5.56 Å². The number of hydrogen-bond donors (Lipinski definition) is 2. The lowest BCUT2D eigenvalue weighted by molar-refractivity contribution is -0.118. The predicted molar refractivity (Wildman–Crippen MR) is 66.7 cm³/mol. The largest absolute Gasteiger partial charge is 0.383 e. The van der Waals surface area contributed by atoms with Gasteiger partial charge < -0.3 is 11.5 Å². The van der Waals surface area contributed by atoms with Crippen LogP contribution in [0.5, 0.6) is 0 Å². The highest BCUT2D eigenvalue weighted by Crippen LogP contribution is 2.25. The zero-order chi connectivity index (χ0) is 13.1. The molecule has 0 aliphatic heterocycles. The molecule has 0 spiro atoms. The number of anilines is 1. The maximum atomic E-state index is 11.1. The number of nitrogen functional groups attached to an aromatic ring is 1. The van der Waals surface area contributed by atoms with Gasteiger partial charge in [-0.3, -0.25) is 9.59 Å². The van der Waals surface area contributed by atoms with Crippen molar-refractivity contribution in [3.63, 3.8) is 0 Å². The van der Waals surface area contributed by atoms with E-state index in [9.17, 15) is 9.59 Å². The van der Waals surface area contributed by atoms with E-state index in [0.717, 1.165) is 5.56 Å². The minimum absolute atomic E-state index is 0.141. The van der Waals surface area contributed by atoms with E-state index in [1.807, 2.05) is 30.3 Å². The van der Waals surface area contributed by atoms with Crippen LogP contribution in [0.25, 0.3) is 11.3 Å². The number of aldehydes is 1. The Labute approximate surface area is 103 Å². The zero-order valence-electron chi connectivity index (χ0n) is 9.54. The highest BCUT2D eigenvalue weighted by Gasteiger charge is 2.17. The molecule has 6 nitrogen and oxygen atoms in total. The molecular formula is C12H12N4O2. The van der Waals surface area contributed by atoms with E-state index in [-0.39, 0.29) is 17.9 Å². The van der Waals surface area contributed by atoms with E-state index >= 15 is 0 Å². The zero-order valence-corrected chi connectivity index (χ0v) is 9.54. The second kappa shape index (κ2) is 4.70. The van der Waals surface area contributed by atoms with E-state index in [1.54, 1.807) is 0 Å². The fourth-order valence-electron chi connectivity index (χ4n) is 1.68. The Morgan fingerprint density at radius 3 is 2.56 bits per heavy atom. The lowest BCUT2D eigenvalue weighted by Crippen LogP contribution is -2.20. The number of aromatic nitrogens is 2. The van der Waals surface area contributed by atoms with Crippen molar-refractivity contribution < 1.29 is 9.59 Å². The third-order valence-electron chi connectivity index (χ3n) is 2.50. The number of carbonyl (C=O) groups excluding carboxylic acids is 2. The number of nitrogens with zero attached hydrogens (tertiary/aromatic N) is 2. The first-order valence-electron chi connectivity index (χ1n) is 5.28. The number of rotatable bonds is 4. The summed E-state index contributed by atoms with van der Waals surface area (Å²) >= 11 is 0. The van der Waals surface area contributed by atoms with Crippen molar-refractivity contribution in [1.29, 1.82) is 0 Å². The molecule has 92 valence electrons. The Kier molecular flexibility index (Phi) is 3.09. The molecule has 0 fully saturated rings. The third kappa shape index (κ3) is 2.08. The number of hydrogen-bond acceptors (Lipinski definition) is 4. The Morgan fingerprint density at radius 2 is 2.00 bits per heavy atom. The summed E-state index contributed by atoms with van der Waals surface area (Å²) in [5.74, 6) is -0.427. The molecule has 1 heterocycles. The molecule has 1 aromatic carbocycles. The first-order chi connectivity index (χ1) is 8.63. The number of nitrogens with two attached hydrogens (primary N) is 2. The molecule has 0 unspecified atom stereocenters. The van der Waals surface area contributed by atoms with Crippen molar-refractivity contribution >= 4 is 18.0 Å². The number of carbonyl (C=O) groups is 2. The number of primary amides is 1. The SMILES string of the molecule is NC(=O)Cn1nc(-c2ccccc2)c(C=O)c1N. The molecule has 0 aliphatic rings. The Bertz CT molecular complexity index is 590. The number of amides is 1. The molecule has 1 amide bonds. The monoisotopic (exact) mass is 244 g/mol. The van der Waals surface area contributed by atoms with Gasteiger partial charge in [0.15, 0.2) is 6.29 Å². The quantitative estimate of drug-likeness (QED) is 0.761. The van der Waals surface area contributed by atoms with Crippen LogP contribution >= 0.6 is 0 Å². The minimum Gasteiger partial charge on any atom is -0.383 e. The maximum absolute atomic E-state index is 11.1. The van der Waals surface area contributed by atoms with Crippen molar-refractivity contribution in [2.45, 2.75) is 6.54 Å². The van der Waals surface area contributed by atoms with Gasteiger partial charge in [0.2, 0.25) is 5.91 Å². The first kappa shape index (κ1) is 11.8. The molecule has 18 heavy (non-hydrogen) atoms. The highest BCUT2D eigenvalue weighted by molar-refractivity contribution is 5.92. The predicted octanol–water partition coefficient (Wildman–Crippen LogP) is 0.430. The average Bonchev–Trinajstić information content (AvgIpc) is 2.67. The van der Waals surface area contributed by atoms with Crippen LogP contribution in [-0.4, -0.2) is 22.0 Å². The summed E-state index contributed by atoms with van der Waals surface area (Å²) in [5, 5.41) is 4.15. The van der Waals surface area contributed by atoms with Crippen LogP contribution in [0.3, 0.4) is 0 Å². The standard InChI is InChI=1S/C12H12N4O2/c13-10(18)6-16-12(14)9(7-17)11(15-16)8-4-2-1-3-5-8/h1-5,7H,6,14H2,(H2,13,18). The molecule has 0 aliphatic carbocycles. The van der Waals surface area contributed by atoms with Gasteiger partial charge in [-0.05, 0) is 0 Å². The molecule has 4 N–H and O–H groups in total. The molecular weight excluding hydrogens is 232 g/mol.